The van der Waals surface area contributed by atoms with Crippen LogP contribution in [0.25, 0.3) is 10.4 Å². The number of carbonyl (C=O) groups excluding carboxylic acids is 1. The third-order valence-electron chi connectivity index (χ3n) is 7.62. The van der Waals surface area contributed by atoms with Crippen molar-refractivity contribution in [3.8, 4) is 0 Å². The molecule has 0 aromatic carbocycles. The Morgan fingerprint density at radius 3 is 2.26 bits per heavy atom. The van der Waals surface area contributed by atoms with E-state index in [2.05, 4.69) is 15.3 Å². The summed E-state index contributed by atoms with van der Waals surface area (Å²) < 4.78 is 37.6. The van der Waals surface area contributed by atoms with Gasteiger partial charge in [-0.15, -0.1) is 0 Å². The maximum atomic E-state index is 10.9. The van der Waals surface area contributed by atoms with Gasteiger partial charge in [-0.3, -0.25) is 4.79 Å². The van der Waals surface area contributed by atoms with Gasteiger partial charge in [-0.25, -0.2) is 0 Å². The number of azide groups is 1. The number of hydrogen-bond acceptors (Lipinski definition) is 20. The van der Waals surface area contributed by atoms with Crippen molar-refractivity contribution in [3.63, 3.8) is 0 Å². The second-order valence-electron chi connectivity index (χ2n) is 10.7. The summed E-state index contributed by atoms with van der Waals surface area (Å²) in [5, 5.41) is 109. The lowest BCUT2D eigenvalue weighted by molar-refractivity contribution is -0.384. The molecule has 22 nitrogen and oxygen atoms in total. The van der Waals surface area contributed by atoms with E-state index in [1.54, 1.807) is 0 Å². The van der Waals surface area contributed by atoms with Gasteiger partial charge in [0.25, 0.3) is 6.47 Å². The van der Waals surface area contributed by atoms with Gasteiger partial charge in [0, 0.05) is 24.5 Å². The van der Waals surface area contributed by atoms with E-state index >= 15 is 0 Å². The molecule has 3 aliphatic heterocycles. The summed E-state index contributed by atoms with van der Waals surface area (Å²) >= 11 is 0. The first-order valence-electron chi connectivity index (χ1n) is 14.3. The van der Waals surface area contributed by atoms with Crippen LogP contribution >= 0.6 is 0 Å². The van der Waals surface area contributed by atoms with Crippen molar-refractivity contribution in [1.82, 2.24) is 5.32 Å². The Balaban J connectivity index is 1.62. The molecule has 0 aliphatic carbocycles. The zero-order valence-corrected chi connectivity index (χ0v) is 24.3. The van der Waals surface area contributed by atoms with E-state index in [1.807, 2.05) is 0 Å². The van der Waals surface area contributed by atoms with Crippen LogP contribution in [0.15, 0.2) is 5.11 Å². The highest BCUT2D eigenvalue weighted by molar-refractivity contribution is 5.37. The number of ether oxygens (including phenoxy) is 7. The maximum absolute atomic E-state index is 10.9. The van der Waals surface area contributed by atoms with Crippen LogP contribution in [-0.2, 0) is 38.0 Å². The number of hydrogen-bond donors (Lipinski definition) is 11. The van der Waals surface area contributed by atoms with Gasteiger partial charge in [0.2, 0.25) is 6.29 Å². The molecule has 266 valence electrons. The van der Waals surface area contributed by atoms with Crippen LogP contribution in [0.3, 0.4) is 0 Å². The number of aliphatic hydroxyl groups excluding tert-OH is 10. The molecule has 8 unspecified atom stereocenters. The van der Waals surface area contributed by atoms with Gasteiger partial charge in [0.15, 0.2) is 18.9 Å². The standard InChI is InChI=1S/C24H42N4O18/c25-28-27-2-1-26-3-10(32)15(35)12(5-30)43-22-19(39)17(37)13(7-41-22)44-24-20(16(36)11(33)6-40-24)45-23-18(38)14(34)9(4-29)21(46-23)42-8-31/h8-24,26,29-30,32-39H,1-7H2/t9-,10?,11+,12?,13+,14-,15?,16?,17+,18?,19?,20?,21?,22-,23-,24-/m0/s1. The molecule has 3 aliphatic rings. The first-order chi connectivity index (χ1) is 22.0. The van der Waals surface area contributed by atoms with Crippen LogP contribution in [0.1, 0.15) is 0 Å². The van der Waals surface area contributed by atoms with Crippen molar-refractivity contribution >= 4 is 6.47 Å². The van der Waals surface area contributed by atoms with E-state index < -0.39 is 125 Å². The minimum absolute atomic E-state index is 0.0186. The van der Waals surface area contributed by atoms with Crippen molar-refractivity contribution in [1.29, 1.82) is 0 Å². The number of carbonyl (C=O) groups is 1. The lowest BCUT2D eigenvalue weighted by Crippen LogP contribution is -2.63. The highest BCUT2D eigenvalue weighted by Gasteiger charge is 2.51. The Labute approximate surface area is 261 Å². The fourth-order valence-electron chi connectivity index (χ4n) is 4.94. The minimum atomic E-state index is -1.85. The van der Waals surface area contributed by atoms with E-state index in [9.17, 15) is 55.9 Å². The molecule has 11 N–H and O–H groups in total. The highest BCUT2D eigenvalue weighted by atomic mass is 16.8. The summed E-state index contributed by atoms with van der Waals surface area (Å²) in [4.78, 5) is 13.4. The van der Waals surface area contributed by atoms with Gasteiger partial charge < -0.3 is 89.5 Å². The Morgan fingerprint density at radius 2 is 1.61 bits per heavy atom. The second-order valence-corrected chi connectivity index (χ2v) is 10.7. The SMILES string of the molecule is [N-]=[N+]=NCCNCC(O)C(O)C(CO)O[C@@H]1OC[C@@H](O[C@@H]2OC[C@@H](O)C(O)C2O[C@H]2OC(OC=O)[C@@H](CO)[C@H](O)C2O)[C@@H](O)C1O. The van der Waals surface area contributed by atoms with Gasteiger partial charge in [-0.2, -0.15) is 0 Å². The molecule has 0 aromatic heterocycles. The molecule has 3 heterocycles. The smallest absolute Gasteiger partial charge is 0.295 e. The zero-order chi connectivity index (χ0) is 34.0. The van der Waals surface area contributed by atoms with Crippen molar-refractivity contribution in [2.45, 2.75) is 92.3 Å². The van der Waals surface area contributed by atoms with Crippen LogP contribution in [-0.4, -0.2) is 196 Å². The third-order valence-corrected chi connectivity index (χ3v) is 7.62. The van der Waals surface area contributed by atoms with Crippen LogP contribution in [0.5, 0.6) is 0 Å². The summed E-state index contributed by atoms with van der Waals surface area (Å²) in [6, 6.07) is 0. The van der Waals surface area contributed by atoms with Crippen LogP contribution in [0, 0.1) is 5.92 Å². The monoisotopic (exact) mass is 674 g/mol. The molecule has 46 heavy (non-hydrogen) atoms. The number of aliphatic hydroxyl groups is 10. The molecule has 0 amide bonds. The molecule has 16 atom stereocenters. The molecule has 0 radical (unpaired) electrons. The average Bonchev–Trinajstić information content (AvgIpc) is 3.04. The molecule has 3 saturated heterocycles. The molecule has 0 spiro atoms. The normalized spacial score (nSPS) is 40.3. The topological polar surface area (TPSA) is 345 Å². The molecular weight excluding hydrogens is 632 g/mol. The van der Waals surface area contributed by atoms with Crippen molar-refractivity contribution in [2.75, 3.05) is 46.1 Å². The van der Waals surface area contributed by atoms with Crippen molar-refractivity contribution in [2.24, 2.45) is 11.0 Å². The molecule has 3 rings (SSSR count). The lowest BCUT2D eigenvalue weighted by atomic mass is 9.94. The van der Waals surface area contributed by atoms with Gasteiger partial charge in [0.1, 0.15) is 54.9 Å². The number of rotatable bonds is 17. The predicted octanol–water partition coefficient (Wildman–Crippen LogP) is -6.90. The molecular formula is C24H42N4O18. The van der Waals surface area contributed by atoms with Crippen LogP contribution in [0.2, 0.25) is 0 Å². The largest absolute Gasteiger partial charge is 0.437 e. The summed E-state index contributed by atoms with van der Waals surface area (Å²) in [7, 11) is 0. The lowest BCUT2D eigenvalue weighted by Gasteiger charge is -2.46. The summed E-state index contributed by atoms with van der Waals surface area (Å²) in [5.41, 5.74) is 8.28. The fourth-order valence-corrected chi connectivity index (χ4v) is 4.94. The van der Waals surface area contributed by atoms with E-state index in [-0.39, 0.29) is 26.1 Å². The Kier molecular flexibility index (Phi) is 15.6. The average molecular weight is 675 g/mol. The van der Waals surface area contributed by atoms with Crippen molar-refractivity contribution < 1.29 is 89.0 Å². The van der Waals surface area contributed by atoms with Crippen LogP contribution < -0.4 is 5.32 Å². The third kappa shape index (κ3) is 9.59. The van der Waals surface area contributed by atoms with Gasteiger partial charge in [0.05, 0.1) is 44.6 Å². The first-order valence-corrected chi connectivity index (χ1v) is 14.3. The highest BCUT2D eigenvalue weighted by Crippen LogP contribution is 2.32. The summed E-state index contributed by atoms with van der Waals surface area (Å²) in [6.45, 7) is -2.46. The first kappa shape index (κ1) is 38.5. The number of nitrogens with one attached hydrogen (secondary N) is 1. The molecule has 0 bridgehead atoms. The Bertz CT molecular complexity index is 968. The molecule has 0 aromatic rings. The minimum Gasteiger partial charge on any atom is -0.437 e. The molecule has 3 fully saturated rings. The maximum Gasteiger partial charge on any atom is 0.295 e. The van der Waals surface area contributed by atoms with E-state index in [0.29, 0.717) is 0 Å². The summed E-state index contributed by atoms with van der Waals surface area (Å²) in [5.74, 6) is -1.25. The zero-order valence-electron chi connectivity index (χ0n) is 24.3. The van der Waals surface area contributed by atoms with Gasteiger partial charge in [-0.05, 0) is 5.53 Å². The summed E-state index contributed by atoms with van der Waals surface area (Å²) in [6.07, 6.45) is -24.8. The Morgan fingerprint density at radius 1 is 0.913 bits per heavy atom. The van der Waals surface area contributed by atoms with E-state index in [1.165, 1.54) is 0 Å². The van der Waals surface area contributed by atoms with Crippen molar-refractivity contribution in [3.05, 3.63) is 10.4 Å². The van der Waals surface area contributed by atoms with E-state index in [0.717, 1.165) is 0 Å². The fraction of sp³-hybridized carbons (Fsp3) is 0.958. The van der Waals surface area contributed by atoms with Crippen LogP contribution in [0.4, 0.5) is 0 Å². The Hall–Kier alpha value is -1.90. The molecule has 0 saturated carbocycles. The van der Waals surface area contributed by atoms with E-state index in [4.69, 9.17) is 38.7 Å². The quantitative estimate of drug-likeness (QED) is 0.0224. The number of nitrogens with zero attached hydrogens (tertiary/aromatic N) is 3. The van der Waals surface area contributed by atoms with Gasteiger partial charge >= 0.3 is 0 Å². The van der Waals surface area contributed by atoms with Gasteiger partial charge in [-0.1, -0.05) is 5.11 Å². The molecule has 22 heteroatoms. The second kappa shape index (κ2) is 18.6. The predicted molar refractivity (Wildman–Crippen MR) is 143 cm³/mol.